The SMILES string of the molecule is CC1CC2C1C=[PH]2C. The van der Waals surface area contributed by atoms with Gasteiger partial charge in [0.05, 0.1) is 0 Å². The molecular weight excluding hydrogens is 115 g/mol. The van der Waals surface area contributed by atoms with Crippen LogP contribution in [0, 0.1) is 11.8 Å². The Kier molecular flexibility index (Phi) is 0.906. The summed E-state index contributed by atoms with van der Waals surface area (Å²) < 4.78 is 0. The van der Waals surface area contributed by atoms with Crippen molar-refractivity contribution in [3.05, 3.63) is 0 Å². The zero-order valence-electron chi connectivity index (χ0n) is 5.52. The van der Waals surface area contributed by atoms with E-state index in [4.69, 9.17) is 0 Å². The fourth-order valence-corrected chi connectivity index (χ4v) is 4.85. The minimum absolute atomic E-state index is 0.110. The highest BCUT2D eigenvalue weighted by molar-refractivity contribution is 7.59. The van der Waals surface area contributed by atoms with Gasteiger partial charge in [-0.05, 0) is 30.6 Å². The molecular formula is C7H13P. The van der Waals surface area contributed by atoms with Gasteiger partial charge in [-0.25, -0.2) is 0 Å². The van der Waals surface area contributed by atoms with Crippen molar-refractivity contribution in [3.8, 4) is 0 Å². The zero-order valence-corrected chi connectivity index (χ0v) is 6.52. The molecule has 1 saturated carbocycles. The first-order valence-electron chi connectivity index (χ1n) is 3.47. The fourth-order valence-electron chi connectivity index (χ4n) is 1.99. The van der Waals surface area contributed by atoms with Gasteiger partial charge >= 0.3 is 0 Å². The summed E-state index contributed by atoms with van der Waals surface area (Å²) in [7, 11) is 0.110. The highest BCUT2D eigenvalue weighted by Gasteiger charge is 2.42. The quantitative estimate of drug-likeness (QED) is 0.435. The van der Waals surface area contributed by atoms with Crippen molar-refractivity contribution in [2.75, 3.05) is 6.66 Å². The van der Waals surface area contributed by atoms with Crippen molar-refractivity contribution in [3.63, 3.8) is 0 Å². The molecule has 0 radical (unpaired) electrons. The molecule has 4 unspecified atom stereocenters. The average Bonchev–Trinajstić information content (AvgIpc) is 1.76. The maximum atomic E-state index is 2.61. The second-order valence-electron chi connectivity index (χ2n) is 3.31. The van der Waals surface area contributed by atoms with Gasteiger partial charge in [0.25, 0.3) is 0 Å². The minimum atomic E-state index is 0.110. The topological polar surface area (TPSA) is 0 Å². The van der Waals surface area contributed by atoms with Gasteiger partial charge in [0.2, 0.25) is 0 Å². The Morgan fingerprint density at radius 2 is 2.38 bits per heavy atom. The van der Waals surface area contributed by atoms with Gasteiger partial charge in [-0.2, -0.15) is 0 Å². The molecule has 1 heterocycles. The Balaban J connectivity index is 2.15. The number of rotatable bonds is 0. The summed E-state index contributed by atoms with van der Waals surface area (Å²) in [6.07, 6.45) is 1.55. The van der Waals surface area contributed by atoms with Gasteiger partial charge in [0, 0.05) is 0 Å². The predicted molar refractivity (Wildman–Crippen MR) is 41.4 cm³/mol. The van der Waals surface area contributed by atoms with E-state index in [1.807, 2.05) is 0 Å². The van der Waals surface area contributed by atoms with Crippen molar-refractivity contribution in [1.82, 2.24) is 0 Å². The molecule has 4 atom stereocenters. The van der Waals surface area contributed by atoms with Gasteiger partial charge < -0.3 is 0 Å². The molecule has 8 heavy (non-hydrogen) atoms. The van der Waals surface area contributed by atoms with E-state index in [1.165, 1.54) is 5.66 Å². The maximum Gasteiger partial charge on any atom is -0.0140 e. The lowest BCUT2D eigenvalue weighted by Crippen LogP contribution is -2.44. The maximum absolute atomic E-state index is 2.61. The Morgan fingerprint density at radius 1 is 1.62 bits per heavy atom. The van der Waals surface area contributed by atoms with Crippen molar-refractivity contribution in [1.29, 1.82) is 0 Å². The van der Waals surface area contributed by atoms with Crippen LogP contribution in [0.5, 0.6) is 0 Å². The van der Waals surface area contributed by atoms with Gasteiger partial charge in [-0.15, -0.1) is 7.55 Å². The van der Waals surface area contributed by atoms with Gasteiger partial charge in [0.15, 0.2) is 0 Å². The van der Waals surface area contributed by atoms with Crippen LogP contribution >= 0.6 is 7.55 Å². The van der Waals surface area contributed by atoms with Crippen molar-refractivity contribution in [2.45, 2.75) is 19.0 Å². The molecule has 0 bridgehead atoms. The molecule has 0 amide bonds. The van der Waals surface area contributed by atoms with Crippen LogP contribution in [0.2, 0.25) is 0 Å². The van der Waals surface area contributed by atoms with E-state index in [0.29, 0.717) is 0 Å². The molecule has 46 valence electrons. The minimum Gasteiger partial charge on any atom is -0.121 e. The molecule has 0 spiro atoms. The number of fused-ring (bicyclic) bond motifs is 1. The lowest BCUT2D eigenvalue weighted by molar-refractivity contribution is 0.281. The van der Waals surface area contributed by atoms with E-state index in [9.17, 15) is 0 Å². The van der Waals surface area contributed by atoms with Crippen LogP contribution < -0.4 is 0 Å². The van der Waals surface area contributed by atoms with Crippen LogP contribution in [0.15, 0.2) is 0 Å². The molecule has 0 aromatic rings. The van der Waals surface area contributed by atoms with Crippen LogP contribution in [0.3, 0.4) is 0 Å². The summed E-state index contributed by atoms with van der Waals surface area (Å²) >= 11 is 0. The molecule has 0 aromatic heterocycles. The molecule has 0 saturated heterocycles. The second-order valence-corrected chi connectivity index (χ2v) is 5.87. The molecule has 2 rings (SSSR count). The largest absolute Gasteiger partial charge is 0.121 e. The van der Waals surface area contributed by atoms with E-state index in [2.05, 4.69) is 19.4 Å². The fraction of sp³-hybridized carbons (Fsp3) is 0.857. The third-order valence-corrected chi connectivity index (χ3v) is 5.49. The van der Waals surface area contributed by atoms with E-state index in [1.54, 1.807) is 6.42 Å². The number of hydrogen-bond donors (Lipinski definition) is 0. The van der Waals surface area contributed by atoms with Gasteiger partial charge in [0.1, 0.15) is 0 Å². The lowest BCUT2D eigenvalue weighted by atomic mass is 9.75. The van der Waals surface area contributed by atoms with E-state index >= 15 is 0 Å². The molecule has 1 fully saturated rings. The summed E-state index contributed by atoms with van der Waals surface area (Å²) in [5.74, 6) is 4.74. The summed E-state index contributed by atoms with van der Waals surface area (Å²) in [5, 5.41) is 0. The Hall–Kier alpha value is 0.300. The third kappa shape index (κ3) is 0.429. The van der Waals surface area contributed by atoms with E-state index < -0.39 is 0 Å². The molecule has 1 aliphatic carbocycles. The van der Waals surface area contributed by atoms with Crippen LogP contribution in [-0.2, 0) is 0 Å². The van der Waals surface area contributed by atoms with Crippen LogP contribution in [0.25, 0.3) is 0 Å². The molecule has 0 nitrogen and oxygen atoms in total. The number of hydrogen-bond acceptors (Lipinski definition) is 0. The van der Waals surface area contributed by atoms with Gasteiger partial charge in [-0.1, -0.05) is 12.7 Å². The first kappa shape index (κ1) is 5.11. The van der Waals surface area contributed by atoms with Crippen molar-refractivity contribution < 1.29 is 0 Å². The van der Waals surface area contributed by atoms with Gasteiger partial charge in [-0.3, -0.25) is 0 Å². The molecule has 1 aliphatic heterocycles. The van der Waals surface area contributed by atoms with Crippen LogP contribution in [0.4, 0.5) is 0 Å². The van der Waals surface area contributed by atoms with Crippen molar-refractivity contribution in [2.24, 2.45) is 11.8 Å². The summed E-state index contributed by atoms with van der Waals surface area (Å²) in [4.78, 5) is 0. The molecule has 2 aliphatic rings. The highest BCUT2D eigenvalue weighted by atomic mass is 31.1. The zero-order chi connectivity index (χ0) is 5.72. The van der Waals surface area contributed by atoms with E-state index in [0.717, 1.165) is 11.8 Å². The normalized spacial score (nSPS) is 59.8. The Morgan fingerprint density at radius 3 is 2.50 bits per heavy atom. The highest BCUT2D eigenvalue weighted by Crippen LogP contribution is 2.55. The lowest BCUT2D eigenvalue weighted by Gasteiger charge is -2.50. The van der Waals surface area contributed by atoms with Crippen LogP contribution in [0.1, 0.15) is 13.3 Å². The first-order chi connectivity index (χ1) is 3.79. The van der Waals surface area contributed by atoms with Crippen molar-refractivity contribution >= 4 is 13.3 Å². The third-order valence-electron chi connectivity index (χ3n) is 2.79. The average molecular weight is 128 g/mol. The van der Waals surface area contributed by atoms with Crippen LogP contribution in [-0.4, -0.2) is 18.1 Å². The molecule has 1 heteroatoms. The standard InChI is InChI=1S/C7H13P/c1-5-3-7-6(5)4-8(7)2/h4-8H,3H2,1-2H3. The predicted octanol–water partition coefficient (Wildman–Crippen LogP) is 1.67. The summed E-state index contributed by atoms with van der Waals surface area (Å²) in [5.41, 5.74) is 1.20. The smallest absolute Gasteiger partial charge is 0.0140 e. The first-order valence-corrected chi connectivity index (χ1v) is 5.63. The van der Waals surface area contributed by atoms with E-state index in [-0.39, 0.29) is 7.55 Å². The Bertz CT molecular complexity index is 148. The monoisotopic (exact) mass is 128 g/mol. The second kappa shape index (κ2) is 1.42. The molecule has 0 N–H and O–H groups in total. The Labute approximate surface area is 51.7 Å². The summed E-state index contributed by atoms with van der Waals surface area (Å²) in [6.45, 7) is 4.82. The molecule has 0 aromatic carbocycles. The summed E-state index contributed by atoms with van der Waals surface area (Å²) in [6, 6.07) is 0.